The maximum Gasteiger partial charge on any atom is 0.244 e. The lowest BCUT2D eigenvalue weighted by atomic mass is 10.0. The number of hydrogen-bond acceptors (Lipinski definition) is 4. The molecule has 1 aliphatic rings. The van der Waals surface area contributed by atoms with Crippen molar-refractivity contribution in [3.05, 3.63) is 65.5 Å². The fourth-order valence-corrected chi connectivity index (χ4v) is 4.52. The third-order valence-corrected chi connectivity index (χ3v) is 6.08. The third-order valence-electron chi connectivity index (χ3n) is 4.21. The van der Waals surface area contributed by atoms with Gasteiger partial charge in [-0.2, -0.15) is 4.31 Å². The minimum absolute atomic E-state index is 0.00261. The van der Waals surface area contributed by atoms with Crippen molar-refractivity contribution in [3.8, 4) is 0 Å². The van der Waals surface area contributed by atoms with Gasteiger partial charge in [-0.15, -0.1) is 0 Å². The number of piperazine rings is 1. The van der Waals surface area contributed by atoms with E-state index in [1.54, 1.807) is 6.07 Å². The number of nitrogens with one attached hydrogen (secondary N) is 1. The number of ketones is 1. The van der Waals surface area contributed by atoms with Crippen molar-refractivity contribution in [1.82, 2.24) is 9.62 Å². The predicted octanol–water partition coefficient (Wildman–Crippen LogP) is 1.89. The number of sulfonamides is 1. The zero-order chi connectivity index (χ0) is 18.9. The number of nitrogens with zero attached hydrogens (tertiary/aromatic N) is 1. The minimum Gasteiger partial charge on any atom is -0.353 e. The van der Waals surface area contributed by atoms with Crippen LogP contribution in [0.1, 0.15) is 28.9 Å². The van der Waals surface area contributed by atoms with Crippen LogP contribution in [0.4, 0.5) is 4.39 Å². The summed E-state index contributed by atoms with van der Waals surface area (Å²) in [6.07, 6.45) is 0. The van der Waals surface area contributed by atoms with Gasteiger partial charge in [-0.1, -0.05) is 30.3 Å². The zero-order valence-corrected chi connectivity index (χ0v) is 14.8. The Labute approximate surface area is 150 Å². The Kier molecular flexibility index (Phi) is 4.88. The largest absolute Gasteiger partial charge is 0.353 e. The molecule has 1 heterocycles. The Balaban J connectivity index is 2.10. The highest BCUT2D eigenvalue weighted by Gasteiger charge is 2.40. The molecule has 2 aromatic rings. The van der Waals surface area contributed by atoms with E-state index in [4.69, 9.17) is 0 Å². The van der Waals surface area contributed by atoms with Gasteiger partial charge < -0.3 is 5.32 Å². The van der Waals surface area contributed by atoms with Crippen LogP contribution >= 0.6 is 0 Å². The number of carbonyl (C=O) groups excluding carboxylic acids is 2. The molecule has 6 nitrogen and oxygen atoms in total. The molecule has 8 heteroatoms. The highest BCUT2D eigenvalue weighted by Crippen LogP contribution is 2.31. The molecule has 1 fully saturated rings. The molecule has 0 radical (unpaired) electrons. The molecule has 1 saturated heterocycles. The molecule has 2 aromatic carbocycles. The van der Waals surface area contributed by atoms with E-state index in [1.807, 2.05) is 0 Å². The average molecular weight is 376 g/mol. The molecular weight excluding hydrogens is 359 g/mol. The molecule has 1 amide bonds. The maximum absolute atomic E-state index is 14.2. The topological polar surface area (TPSA) is 83.6 Å². The molecular formula is C18H17FN2O4S. The first-order chi connectivity index (χ1) is 12.3. The van der Waals surface area contributed by atoms with Crippen LogP contribution in [0.15, 0.2) is 53.4 Å². The summed E-state index contributed by atoms with van der Waals surface area (Å²) in [7, 11) is -4.11. The third kappa shape index (κ3) is 3.25. The van der Waals surface area contributed by atoms with E-state index < -0.39 is 27.8 Å². The lowest BCUT2D eigenvalue weighted by molar-refractivity contribution is -0.127. The molecule has 26 heavy (non-hydrogen) atoms. The fraction of sp³-hybridized carbons (Fsp3) is 0.222. The molecule has 0 spiro atoms. The molecule has 1 N–H and O–H groups in total. The number of amides is 1. The second kappa shape index (κ2) is 6.97. The normalized spacial score (nSPS) is 18.4. The number of rotatable bonds is 4. The molecule has 0 saturated carbocycles. The Morgan fingerprint density at radius 3 is 2.62 bits per heavy atom. The summed E-state index contributed by atoms with van der Waals surface area (Å²) >= 11 is 0. The molecule has 1 aliphatic heterocycles. The summed E-state index contributed by atoms with van der Waals surface area (Å²) in [5, 5.41) is 2.58. The molecule has 0 aliphatic carbocycles. The van der Waals surface area contributed by atoms with Crippen LogP contribution in [-0.4, -0.2) is 37.5 Å². The van der Waals surface area contributed by atoms with Gasteiger partial charge in [0.05, 0.1) is 4.90 Å². The second-order valence-electron chi connectivity index (χ2n) is 5.91. The van der Waals surface area contributed by atoms with E-state index >= 15 is 0 Å². The highest BCUT2D eigenvalue weighted by atomic mass is 32.2. The Hall–Kier alpha value is -2.58. The predicted molar refractivity (Wildman–Crippen MR) is 92.5 cm³/mol. The summed E-state index contributed by atoms with van der Waals surface area (Å²) in [4.78, 5) is 23.8. The number of Topliss-reactive ketones (excluding diaryl/α,β-unsaturated/α-hetero) is 1. The first-order valence-corrected chi connectivity index (χ1v) is 9.41. The van der Waals surface area contributed by atoms with Gasteiger partial charge in [-0.05, 0) is 25.1 Å². The summed E-state index contributed by atoms with van der Waals surface area (Å²) in [6.45, 7) is 1.45. The first-order valence-electron chi connectivity index (χ1n) is 7.97. The molecule has 0 aromatic heterocycles. The van der Waals surface area contributed by atoms with Crippen molar-refractivity contribution in [2.45, 2.75) is 17.9 Å². The lowest BCUT2D eigenvalue weighted by Crippen LogP contribution is -2.52. The van der Waals surface area contributed by atoms with Crippen LogP contribution in [0.2, 0.25) is 0 Å². The quantitative estimate of drug-likeness (QED) is 0.826. The van der Waals surface area contributed by atoms with Crippen LogP contribution in [0, 0.1) is 5.82 Å². The number of halogens is 1. The van der Waals surface area contributed by atoms with Gasteiger partial charge in [-0.3, -0.25) is 9.59 Å². The Morgan fingerprint density at radius 1 is 1.19 bits per heavy atom. The first kappa shape index (κ1) is 18.2. The number of carbonyl (C=O) groups is 2. The summed E-state index contributed by atoms with van der Waals surface area (Å²) < 4.78 is 41.4. The van der Waals surface area contributed by atoms with Gasteiger partial charge in [0.2, 0.25) is 15.9 Å². The Bertz CT molecular complexity index is 975. The van der Waals surface area contributed by atoms with Crippen molar-refractivity contribution in [3.63, 3.8) is 0 Å². The monoisotopic (exact) mass is 376 g/mol. The van der Waals surface area contributed by atoms with Gasteiger partial charge in [0.25, 0.3) is 0 Å². The standard InChI is InChI=1S/C18H17FN2O4S/c1-12(22)13-5-4-6-14(11-13)26(24,25)21-10-9-20-18(23)17(21)15-7-2-3-8-16(15)19/h2-8,11,17H,9-10H2,1H3,(H,20,23). The SMILES string of the molecule is CC(=O)c1cccc(S(=O)(=O)N2CCNC(=O)C2c2ccccc2F)c1. The van der Waals surface area contributed by atoms with Crippen LogP contribution in [0.25, 0.3) is 0 Å². The molecule has 3 rings (SSSR count). The van der Waals surface area contributed by atoms with Crippen LogP contribution in [-0.2, 0) is 14.8 Å². The van der Waals surface area contributed by atoms with Gasteiger partial charge in [-0.25, -0.2) is 12.8 Å². The maximum atomic E-state index is 14.2. The van der Waals surface area contributed by atoms with Crippen molar-refractivity contribution >= 4 is 21.7 Å². The van der Waals surface area contributed by atoms with Crippen LogP contribution in [0.5, 0.6) is 0 Å². The molecule has 1 unspecified atom stereocenters. The van der Waals surface area contributed by atoms with Gasteiger partial charge in [0.15, 0.2) is 5.78 Å². The fourth-order valence-electron chi connectivity index (χ4n) is 2.91. The van der Waals surface area contributed by atoms with Crippen molar-refractivity contribution in [1.29, 1.82) is 0 Å². The van der Waals surface area contributed by atoms with Crippen LogP contribution < -0.4 is 5.32 Å². The lowest BCUT2D eigenvalue weighted by Gasteiger charge is -2.34. The van der Waals surface area contributed by atoms with E-state index in [0.29, 0.717) is 0 Å². The van der Waals surface area contributed by atoms with E-state index in [0.717, 1.165) is 4.31 Å². The number of benzene rings is 2. The second-order valence-corrected chi connectivity index (χ2v) is 7.81. The van der Waals surface area contributed by atoms with E-state index in [9.17, 15) is 22.4 Å². The summed E-state index contributed by atoms with van der Waals surface area (Å²) in [5.41, 5.74) is 0.228. The van der Waals surface area contributed by atoms with Crippen molar-refractivity contribution in [2.75, 3.05) is 13.1 Å². The minimum atomic E-state index is -4.11. The average Bonchev–Trinajstić information content (AvgIpc) is 2.62. The highest BCUT2D eigenvalue weighted by molar-refractivity contribution is 7.89. The molecule has 136 valence electrons. The number of hydrogen-bond donors (Lipinski definition) is 1. The smallest absolute Gasteiger partial charge is 0.244 e. The van der Waals surface area contributed by atoms with Gasteiger partial charge in [0, 0.05) is 24.2 Å². The van der Waals surface area contributed by atoms with Crippen molar-refractivity contribution < 1.29 is 22.4 Å². The molecule has 0 bridgehead atoms. The molecule has 1 atom stereocenters. The summed E-state index contributed by atoms with van der Waals surface area (Å²) in [5.74, 6) is -1.52. The van der Waals surface area contributed by atoms with E-state index in [1.165, 1.54) is 49.4 Å². The van der Waals surface area contributed by atoms with E-state index in [2.05, 4.69) is 5.32 Å². The van der Waals surface area contributed by atoms with Gasteiger partial charge >= 0.3 is 0 Å². The van der Waals surface area contributed by atoms with E-state index in [-0.39, 0.29) is 34.9 Å². The van der Waals surface area contributed by atoms with Gasteiger partial charge in [0.1, 0.15) is 11.9 Å². The Morgan fingerprint density at radius 2 is 1.92 bits per heavy atom. The summed E-state index contributed by atoms with van der Waals surface area (Å²) in [6, 6.07) is 9.86. The van der Waals surface area contributed by atoms with Crippen molar-refractivity contribution in [2.24, 2.45) is 0 Å². The zero-order valence-electron chi connectivity index (χ0n) is 14.0. The van der Waals surface area contributed by atoms with Crippen LogP contribution in [0.3, 0.4) is 0 Å².